The Kier molecular flexibility index (Phi) is 5.07. The third-order valence-electron chi connectivity index (χ3n) is 4.38. The molecule has 0 bridgehead atoms. The molecule has 1 heterocycles. The molecule has 1 aliphatic rings. The zero-order valence-corrected chi connectivity index (χ0v) is 14.9. The highest BCUT2D eigenvalue weighted by atomic mass is 16.6. The molecule has 2 aromatic rings. The van der Waals surface area contributed by atoms with Crippen LogP contribution in [0.15, 0.2) is 42.5 Å². The molecule has 0 unspecified atom stereocenters. The average Bonchev–Trinajstić information content (AvgIpc) is 3.10. The maximum Gasteiger partial charge on any atom is 0.338 e. The molecule has 27 heavy (non-hydrogen) atoms. The standard InChI is InChI=1S/C19H18N2O6/c1-12(18(22)20-10-9-13-5-3-4-6-15(13)20)27-17-8-7-14(19(23)26-2)11-16(17)21(24)25/h3-8,11-12H,9-10H2,1-2H3/t12-/m1/s1. The fourth-order valence-corrected chi connectivity index (χ4v) is 3.03. The SMILES string of the molecule is COC(=O)c1ccc(O[C@H](C)C(=O)N2CCc3ccccc32)c([N+](=O)[O-])c1. The van der Waals surface area contributed by atoms with E-state index >= 15 is 0 Å². The topological polar surface area (TPSA) is 99.0 Å². The molecule has 0 aromatic heterocycles. The van der Waals surface area contributed by atoms with Gasteiger partial charge in [0.05, 0.1) is 17.6 Å². The number of rotatable bonds is 5. The van der Waals surface area contributed by atoms with E-state index in [0.29, 0.717) is 6.54 Å². The summed E-state index contributed by atoms with van der Waals surface area (Å²) in [6.07, 6.45) is -0.179. The molecular weight excluding hydrogens is 352 g/mol. The number of fused-ring (bicyclic) bond motifs is 1. The van der Waals surface area contributed by atoms with Gasteiger partial charge in [0.15, 0.2) is 11.9 Å². The van der Waals surface area contributed by atoms with Gasteiger partial charge in [-0.2, -0.15) is 0 Å². The third kappa shape index (κ3) is 3.59. The van der Waals surface area contributed by atoms with Gasteiger partial charge in [0, 0.05) is 18.3 Å². The monoisotopic (exact) mass is 370 g/mol. The second-order valence-electron chi connectivity index (χ2n) is 6.06. The summed E-state index contributed by atoms with van der Waals surface area (Å²) >= 11 is 0. The van der Waals surface area contributed by atoms with Crippen LogP contribution in [0.2, 0.25) is 0 Å². The maximum atomic E-state index is 12.8. The second-order valence-corrected chi connectivity index (χ2v) is 6.06. The summed E-state index contributed by atoms with van der Waals surface area (Å²) in [4.78, 5) is 36.6. The zero-order valence-electron chi connectivity index (χ0n) is 14.9. The summed E-state index contributed by atoms with van der Waals surface area (Å²) in [5.41, 5.74) is 1.53. The number of carbonyl (C=O) groups is 2. The number of hydrogen-bond donors (Lipinski definition) is 0. The van der Waals surface area contributed by atoms with Gasteiger partial charge < -0.3 is 14.4 Å². The summed E-state index contributed by atoms with van der Waals surface area (Å²) in [6, 6.07) is 11.3. The van der Waals surface area contributed by atoms with Gasteiger partial charge in [0.25, 0.3) is 5.91 Å². The molecule has 2 aromatic carbocycles. The molecule has 1 aliphatic heterocycles. The highest BCUT2D eigenvalue weighted by molar-refractivity contribution is 5.98. The van der Waals surface area contributed by atoms with Crippen molar-refractivity contribution in [2.24, 2.45) is 0 Å². The van der Waals surface area contributed by atoms with E-state index in [1.165, 1.54) is 19.2 Å². The molecule has 8 nitrogen and oxygen atoms in total. The molecule has 0 radical (unpaired) electrons. The van der Waals surface area contributed by atoms with Gasteiger partial charge in [-0.25, -0.2) is 4.79 Å². The van der Waals surface area contributed by atoms with E-state index in [1.54, 1.807) is 11.8 Å². The maximum absolute atomic E-state index is 12.8. The van der Waals surface area contributed by atoms with Crippen LogP contribution in [0, 0.1) is 10.1 Å². The number of esters is 1. The van der Waals surface area contributed by atoms with Crippen LogP contribution in [0.1, 0.15) is 22.8 Å². The number of methoxy groups -OCH3 is 1. The van der Waals surface area contributed by atoms with Crippen molar-refractivity contribution in [3.05, 3.63) is 63.7 Å². The third-order valence-corrected chi connectivity index (χ3v) is 4.38. The Morgan fingerprint density at radius 2 is 1.96 bits per heavy atom. The molecule has 140 valence electrons. The number of benzene rings is 2. The molecule has 0 saturated carbocycles. The number of hydrogen-bond acceptors (Lipinski definition) is 6. The normalized spacial score (nSPS) is 13.6. The van der Waals surface area contributed by atoms with Gasteiger partial charge in [0.2, 0.25) is 0 Å². The minimum Gasteiger partial charge on any atom is -0.474 e. The summed E-state index contributed by atoms with van der Waals surface area (Å²) in [7, 11) is 1.19. The highest BCUT2D eigenvalue weighted by Crippen LogP contribution is 2.31. The van der Waals surface area contributed by atoms with Gasteiger partial charge in [-0.3, -0.25) is 14.9 Å². The van der Waals surface area contributed by atoms with E-state index in [2.05, 4.69) is 4.74 Å². The van der Waals surface area contributed by atoms with Crippen molar-refractivity contribution < 1.29 is 24.0 Å². The predicted molar refractivity (Wildman–Crippen MR) is 97.0 cm³/mol. The van der Waals surface area contributed by atoms with Crippen LogP contribution in [0.5, 0.6) is 5.75 Å². The molecule has 1 amide bonds. The first-order valence-corrected chi connectivity index (χ1v) is 8.35. The van der Waals surface area contributed by atoms with Crippen LogP contribution in [-0.4, -0.2) is 36.6 Å². The largest absolute Gasteiger partial charge is 0.474 e. The van der Waals surface area contributed by atoms with Crippen LogP contribution >= 0.6 is 0 Å². The smallest absolute Gasteiger partial charge is 0.338 e. The lowest BCUT2D eigenvalue weighted by Crippen LogP contribution is -2.39. The number of para-hydroxylation sites is 1. The van der Waals surface area contributed by atoms with Gasteiger partial charge in [-0.15, -0.1) is 0 Å². The number of nitro groups is 1. The Bertz CT molecular complexity index is 911. The van der Waals surface area contributed by atoms with Gasteiger partial charge in [-0.1, -0.05) is 18.2 Å². The summed E-state index contributed by atoms with van der Waals surface area (Å²) in [5, 5.41) is 11.3. The van der Waals surface area contributed by atoms with Crippen molar-refractivity contribution in [1.82, 2.24) is 0 Å². The molecular formula is C19H18N2O6. The van der Waals surface area contributed by atoms with Crippen LogP contribution in [0.25, 0.3) is 0 Å². The van der Waals surface area contributed by atoms with Gasteiger partial charge in [-0.05, 0) is 37.1 Å². The lowest BCUT2D eigenvalue weighted by Gasteiger charge is -2.22. The molecule has 8 heteroatoms. The van der Waals surface area contributed by atoms with Crippen molar-refractivity contribution in [1.29, 1.82) is 0 Å². The number of ether oxygens (including phenoxy) is 2. The zero-order chi connectivity index (χ0) is 19.6. The number of amides is 1. The van der Waals surface area contributed by atoms with Crippen molar-refractivity contribution in [3.63, 3.8) is 0 Å². The Hall–Kier alpha value is -3.42. The number of anilines is 1. The van der Waals surface area contributed by atoms with E-state index in [0.717, 1.165) is 23.7 Å². The highest BCUT2D eigenvalue weighted by Gasteiger charge is 2.30. The summed E-state index contributed by atoms with van der Waals surface area (Å²) in [5.74, 6) is -1.06. The fraction of sp³-hybridized carbons (Fsp3) is 0.263. The minimum atomic E-state index is -0.932. The summed E-state index contributed by atoms with van der Waals surface area (Å²) < 4.78 is 10.1. The van der Waals surface area contributed by atoms with E-state index < -0.39 is 22.7 Å². The average molecular weight is 370 g/mol. The van der Waals surface area contributed by atoms with E-state index in [-0.39, 0.29) is 17.2 Å². The number of carbonyl (C=O) groups excluding carboxylic acids is 2. The predicted octanol–water partition coefficient (Wildman–Crippen LogP) is 2.74. The molecule has 0 N–H and O–H groups in total. The fourth-order valence-electron chi connectivity index (χ4n) is 3.03. The first kappa shape index (κ1) is 18.4. The van der Waals surface area contributed by atoms with Crippen LogP contribution < -0.4 is 9.64 Å². The quantitative estimate of drug-likeness (QED) is 0.456. The summed E-state index contributed by atoms with van der Waals surface area (Å²) in [6.45, 7) is 2.08. The first-order chi connectivity index (χ1) is 12.9. The van der Waals surface area contributed by atoms with Crippen LogP contribution in [0.4, 0.5) is 11.4 Å². The molecule has 0 fully saturated rings. The molecule has 0 aliphatic carbocycles. The van der Waals surface area contributed by atoms with Crippen LogP contribution in [-0.2, 0) is 16.0 Å². The Morgan fingerprint density at radius 1 is 1.22 bits per heavy atom. The van der Waals surface area contributed by atoms with E-state index in [1.807, 2.05) is 24.3 Å². The molecule has 1 atom stereocenters. The lowest BCUT2D eigenvalue weighted by atomic mass is 10.2. The van der Waals surface area contributed by atoms with Crippen molar-refractivity contribution in [3.8, 4) is 5.75 Å². The molecule has 0 saturated heterocycles. The van der Waals surface area contributed by atoms with Crippen molar-refractivity contribution in [2.75, 3.05) is 18.6 Å². The molecule has 0 spiro atoms. The number of nitrogens with zero attached hydrogens (tertiary/aromatic N) is 2. The minimum absolute atomic E-state index is 0.0315. The Labute approximate surface area is 155 Å². The number of nitro benzene ring substituents is 1. The van der Waals surface area contributed by atoms with Gasteiger partial charge >= 0.3 is 11.7 Å². The van der Waals surface area contributed by atoms with E-state index in [4.69, 9.17) is 4.74 Å². The Morgan fingerprint density at radius 3 is 2.67 bits per heavy atom. The second kappa shape index (κ2) is 7.45. The van der Waals surface area contributed by atoms with Crippen LogP contribution in [0.3, 0.4) is 0 Å². The van der Waals surface area contributed by atoms with Crippen molar-refractivity contribution in [2.45, 2.75) is 19.4 Å². The van der Waals surface area contributed by atoms with Gasteiger partial charge in [0.1, 0.15) is 0 Å². The van der Waals surface area contributed by atoms with E-state index in [9.17, 15) is 19.7 Å². The Balaban J connectivity index is 1.81. The first-order valence-electron chi connectivity index (χ1n) is 8.35. The van der Waals surface area contributed by atoms with Crippen molar-refractivity contribution >= 4 is 23.3 Å². The lowest BCUT2D eigenvalue weighted by molar-refractivity contribution is -0.386. The molecule has 3 rings (SSSR count).